The smallest absolute Gasteiger partial charge is 0.149 e. The van der Waals surface area contributed by atoms with Crippen molar-refractivity contribution in [3.8, 4) is 17.1 Å². The van der Waals surface area contributed by atoms with Gasteiger partial charge in [-0.2, -0.15) is 0 Å². The molecule has 1 N–H and O–H groups in total. The molecule has 1 heterocycles. The topological polar surface area (TPSA) is 67.5 Å². The highest BCUT2D eigenvalue weighted by molar-refractivity contribution is 6.12. The van der Waals surface area contributed by atoms with Gasteiger partial charge in [-0.15, -0.1) is 4.91 Å². The molecule has 0 unspecified atom stereocenters. The number of unbranched alkanes of at least 4 members (excludes halogenated alkanes) is 1. The normalized spacial score (nSPS) is 11.3. The zero-order valence-electron chi connectivity index (χ0n) is 14.5. The molecule has 5 heteroatoms. The van der Waals surface area contributed by atoms with Gasteiger partial charge in [0.25, 0.3) is 0 Å². The molecular formula is C21H19N3O2. The standard InChI is InChI=1S/C21H19N3O2/c1-2-3-13-24-19-18(22-21(24)14-9-5-4-6-10-14)17(23-26)15-11-7-8-12-16(15)20(19)25/h4-12,25H,2-3,13H2,1H3. The zero-order valence-corrected chi connectivity index (χ0v) is 14.5. The van der Waals surface area contributed by atoms with Crippen molar-refractivity contribution < 1.29 is 5.11 Å². The summed E-state index contributed by atoms with van der Waals surface area (Å²) < 4.78 is 2.00. The molecule has 1 aromatic heterocycles. The van der Waals surface area contributed by atoms with Crippen LogP contribution in [-0.2, 0) is 6.54 Å². The summed E-state index contributed by atoms with van der Waals surface area (Å²) in [5.74, 6) is 0.887. The van der Waals surface area contributed by atoms with Crippen LogP contribution in [0.15, 0.2) is 59.8 Å². The van der Waals surface area contributed by atoms with E-state index in [1.54, 1.807) is 12.1 Å². The summed E-state index contributed by atoms with van der Waals surface area (Å²) in [6, 6.07) is 17.1. The Morgan fingerprint density at radius 3 is 2.42 bits per heavy atom. The fraction of sp³-hybridized carbons (Fsp3) is 0.190. The lowest BCUT2D eigenvalue weighted by Crippen LogP contribution is -2.00. The maximum Gasteiger partial charge on any atom is 0.149 e. The van der Waals surface area contributed by atoms with Crippen molar-refractivity contribution in [3.05, 3.63) is 59.5 Å². The fourth-order valence-corrected chi connectivity index (χ4v) is 3.44. The summed E-state index contributed by atoms with van der Waals surface area (Å²) >= 11 is 0. The molecule has 0 aliphatic rings. The van der Waals surface area contributed by atoms with Gasteiger partial charge in [-0.05, 0) is 11.6 Å². The summed E-state index contributed by atoms with van der Waals surface area (Å²) in [6.07, 6.45) is 1.96. The van der Waals surface area contributed by atoms with Gasteiger partial charge in [0.1, 0.15) is 28.3 Å². The Kier molecular flexibility index (Phi) is 4.13. The van der Waals surface area contributed by atoms with Crippen LogP contribution in [0, 0.1) is 4.91 Å². The average Bonchev–Trinajstić information content (AvgIpc) is 3.07. The molecule has 0 amide bonds. The number of nitrogens with zero attached hydrogens (tertiary/aromatic N) is 3. The number of nitroso groups, excluding NO2 is 1. The molecule has 0 aliphatic heterocycles. The van der Waals surface area contributed by atoms with E-state index in [-0.39, 0.29) is 11.4 Å². The third-order valence-electron chi connectivity index (χ3n) is 4.71. The summed E-state index contributed by atoms with van der Waals surface area (Å²) in [4.78, 5) is 16.4. The van der Waals surface area contributed by atoms with Crippen molar-refractivity contribution in [2.45, 2.75) is 26.3 Å². The van der Waals surface area contributed by atoms with Crippen LogP contribution in [-0.4, -0.2) is 14.7 Å². The molecule has 3 aromatic carbocycles. The van der Waals surface area contributed by atoms with E-state index in [4.69, 9.17) is 4.98 Å². The number of imidazole rings is 1. The van der Waals surface area contributed by atoms with Crippen LogP contribution in [0.3, 0.4) is 0 Å². The number of aromatic nitrogens is 2. The fourth-order valence-electron chi connectivity index (χ4n) is 3.44. The third-order valence-corrected chi connectivity index (χ3v) is 4.71. The first kappa shape index (κ1) is 16.3. The van der Waals surface area contributed by atoms with Crippen molar-refractivity contribution in [3.63, 3.8) is 0 Å². The van der Waals surface area contributed by atoms with Crippen LogP contribution < -0.4 is 0 Å². The number of aromatic hydroxyl groups is 1. The highest BCUT2D eigenvalue weighted by atomic mass is 16.3. The maximum absolute atomic E-state index is 11.6. The minimum absolute atomic E-state index is 0.147. The van der Waals surface area contributed by atoms with E-state index in [0.717, 1.165) is 24.2 Å². The molecule has 0 saturated heterocycles. The van der Waals surface area contributed by atoms with Gasteiger partial charge in [-0.1, -0.05) is 67.9 Å². The maximum atomic E-state index is 11.6. The van der Waals surface area contributed by atoms with Gasteiger partial charge in [0.15, 0.2) is 0 Å². The predicted molar refractivity (Wildman–Crippen MR) is 105 cm³/mol. The van der Waals surface area contributed by atoms with E-state index in [9.17, 15) is 10.0 Å². The van der Waals surface area contributed by atoms with E-state index >= 15 is 0 Å². The second-order valence-electron chi connectivity index (χ2n) is 6.34. The minimum atomic E-state index is 0.147. The minimum Gasteiger partial charge on any atom is -0.505 e. The van der Waals surface area contributed by atoms with Crippen LogP contribution in [0.1, 0.15) is 19.8 Å². The highest BCUT2D eigenvalue weighted by Gasteiger charge is 2.22. The molecule has 4 aromatic rings. The van der Waals surface area contributed by atoms with Gasteiger partial charge < -0.3 is 9.67 Å². The lowest BCUT2D eigenvalue weighted by Gasteiger charge is -2.11. The van der Waals surface area contributed by atoms with Gasteiger partial charge in [0.05, 0.1) is 0 Å². The van der Waals surface area contributed by atoms with Gasteiger partial charge in [-0.25, -0.2) is 4.98 Å². The van der Waals surface area contributed by atoms with Gasteiger partial charge in [0.2, 0.25) is 0 Å². The molecule has 130 valence electrons. The molecule has 0 aliphatic carbocycles. The number of fused-ring (bicyclic) bond motifs is 2. The van der Waals surface area contributed by atoms with Crippen molar-refractivity contribution in [2.75, 3.05) is 0 Å². The van der Waals surface area contributed by atoms with Crippen LogP contribution in [0.5, 0.6) is 5.75 Å². The van der Waals surface area contributed by atoms with Crippen LogP contribution in [0.4, 0.5) is 5.69 Å². The van der Waals surface area contributed by atoms with E-state index in [0.29, 0.717) is 28.4 Å². The van der Waals surface area contributed by atoms with E-state index in [1.165, 1.54) is 0 Å². The first-order valence-electron chi connectivity index (χ1n) is 8.79. The predicted octanol–water partition coefficient (Wildman–Crippen LogP) is 5.76. The number of hydrogen-bond acceptors (Lipinski definition) is 4. The molecule has 0 atom stereocenters. The van der Waals surface area contributed by atoms with Crippen LogP contribution in [0.25, 0.3) is 33.2 Å². The molecule has 26 heavy (non-hydrogen) atoms. The molecule has 4 rings (SSSR count). The first-order chi connectivity index (χ1) is 12.8. The van der Waals surface area contributed by atoms with E-state index in [2.05, 4.69) is 12.1 Å². The molecule has 0 spiro atoms. The highest BCUT2D eigenvalue weighted by Crippen LogP contribution is 2.43. The molecule has 0 radical (unpaired) electrons. The Morgan fingerprint density at radius 2 is 1.73 bits per heavy atom. The number of rotatable bonds is 5. The van der Waals surface area contributed by atoms with Crippen molar-refractivity contribution in [1.82, 2.24) is 9.55 Å². The molecule has 0 saturated carbocycles. The molecular weight excluding hydrogens is 326 g/mol. The monoisotopic (exact) mass is 345 g/mol. The number of phenols is 1. The largest absolute Gasteiger partial charge is 0.505 e. The second kappa shape index (κ2) is 6.59. The number of aryl methyl sites for hydroxylation is 1. The molecule has 0 bridgehead atoms. The van der Waals surface area contributed by atoms with Crippen LogP contribution >= 0.6 is 0 Å². The van der Waals surface area contributed by atoms with Gasteiger partial charge >= 0.3 is 0 Å². The third kappa shape index (κ3) is 2.44. The van der Waals surface area contributed by atoms with E-state index in [1.807, 2.05) is 47.0 Å². The lowest BCUT2D eigenvalue weighted by molar-refractivity contribution is 0.483. The van der Waals surface area contributed by atoms with Gasteiger partial charge in [-0.3, -0.25) is 0 Å². The Labute approximate surface area is 150 Å². The Hall–Kier alpha value is -3.21. The summed E-state index contributed by atoms with van der Waals surface area (Å²) in [6.45, 7) is 2.83. The van der Waals surface area contributed by atoms with E-state index < -0.39 is 0 Å². The van der Waals surface area contributed by atoms with Crippen LogP contribution in [0.2, 0.25) is 0 Å². The molecule has 5 nitrogen and oxygen atoms in total. The Morgan fingerprint density at radius 1 is 1.04 bits per heavy atom. The quantitative estimate of drug-likeness (QED) is 0.468. The number of hydrogen-bond donors (Lipinski definition) is 1. The van der Waals surface area contributed by atoms with Crippen molar-refractivity contribution in [2.24, 2.45) is 5.18 Å². The number of benzene rings is 3. The summed E-state index contributed by atoms with van der Waals surface area (Å²) in [7, 11) is 0. The molecule has 0 fully saturated rings. The average molecular weight is 345 g/mol. The summed E-state index contributed by atoms with van der Waals surface area (Å²) in [5, 5.41) is 15.5. The number of phenolic OH excluding ortho intramolecular Hbond substituents is 1. The summed E-state index contributed by atoms with van der Waals surface area (Å²) in [5.41, 5.74) is 2.25. The van der Waals surface area contributed by atoms with Crippen molar-refractivity contribution >= 4 is 27.5 Å². The Bertz CT molecular complexity index is 1100. The SMILES string of the molecule is CCCCn1c(-c2ccccc2)nc2c(N=O)c3ccccc3c(O)c21. The van der Waals surface area contributed by atoms with Crippen molar-refractivity contribution in [1.29, 1.82) is 0 Å². The zero-order chi connectivity index (χ0) is 18.1. The first-order valence-corrected chi connectivity index (χ1v) is 8.79. The lowest BCUT2D eigenvalue weighted by atomic mass is 10.1. The second-order valence-corrected chi connectivity index (χ2v) is 6.34. The Balaban J connectivity index is 2.14. The van der Waals surface area contributed by atoms with Gasteiger partial charge in [0, 0.05) is 22.9 Å².